The van der Waals surface area contributed by atoms with Crippen LogP contribution in [0.25, 0.3) is 0 Å². The molecule has 0 aliphatic carbocycles. The van der Waals surface area contributed by atoms with Crippen molar-refractivity contribution in [1.82, 2.24) is 0 Å². The van der Waals surface area contributed by atoms with Crippen LogP contribution in [0.1, 0.15) is 31.4 Å². The number of carbonyl (C=O) groups is 1. The molecule has 0 bridgehead atoms. The molecule has 5 nitrogen and oxygen atoms in total. The third-order valence-electron chi connectivity index (χ3n) is 5.00. The number of hydrogen-bond donors (Lipinski definition) is 0. The molecule has 0 spiro atoms. The van der Waals surface area contributed by atoms with Crippen LogP contribution in [0, 0.1) is 19.8 Å². The zero-order valence-electron chi connectivity index (χ0n) is 15.3. The van der Waals surface area contributed by atoms with Crippen molar-refractivity contribution in [3.05, 3.63) is 27.7 Å². The highest BCUT2D eigenvalue weighted by Gasteiger charge is 2.50. The van der Waals surface area contributed by atoms with Gasteiger partial charge in [-0.05, 0) is 43.5 Å². The summed E-state index contributed by atoms with van der Waals surface area (Å²) in [6.45, 7) is 7.84. The maximum atomic E-state index is 12.4. The van der Waals surface area contributed by atoms with Gasteiger partial charge in [0.25, 0.3) is 5.91 Å². The second kappa shape index (κ2) is 7.28. The van der Waals surface area contributed by atoms with Gasteiger partial charge in [0.05, 0.1) is 17.5 Å². The molecule has 8 heteroatoms. The Morgan fingerprint density at radius 3 is 2.54 bits per heavy atom. The number of sulfone groups is 1. The van der Waals surface area contributed by atoms with Crippen LogP contribution in [0.15, 0.2) is 21.6 Å². The third kappa shape index (κ3) is 3.73. The van der Waals surface area contributed by atoms with E-state index in [4.69, 9.17) is 0 Å². The monoisotopic (exact) mass is 458 g/mol. The number of benzene rings is 1. The molecular formula is C18H23BrN2O3S2. The van der Waals surface area contributed by atoms with Crippen LogP contribution >= 0.6 is 27.7 Å². The molecule has 0 saturated carbocycles. The van der Waals surface area contributed by atoms with Crippen molar-refractivity contribution in [2.45, 2.75) is 45.4 Å². The van der Waals surface area contributed by atoms with Gasteiger partial charge in [0.15, 0.2) is 15.0 Å². The molecule has 2 aliphatic rings. The first-order valence-electron chi connectivity index (χ1n) is 8.68. The van der Waals surface area contributed by atoms with Crippen LogP contribution in [0.5, 0.6) is 0 Å². The minimum atomic E-state index is -3.06. The highest BCUT2D eigenvalue weighted by Crippen LogP contribution is 2.43. The summed E-state index contributed by atoms with van der Waals surface area (Å²) in [5, 5.41) is 0.555. The summed E-state index contributed by atoms with van der Waals surface area (Å²) in [7, 11) is -3.06. The van der Waals surface area contributed by atoms with Gasteiger partial charge in [-0.3, -0.25) is 4.79 Å². The van der Waals surface area contributed by atoms with Gasteiger partial charge in [0, 0.05) is 21.3 Å². The molecule has 3 atom stereocenters. The highest BCUT2D eigenvalue weighted by atomic mass is 79.9. The topological polar surface area (TPSA) is 66.8 Å². The van der Waals surface area contributed by atoms with E-state index in [1.54, 1.807) is 0 Å². The summed E-state index contributed by atoms with van der Waals surface area (Å²) in [5.41, 5.74) is 3.03. The number of carbonyl (C=O) groups excluding carboxylic acids is 1. The van der Waals surface area contributed by atoms with Crippen LogP contribution < -0.4 is 4.90 Å². The molecule has 1 amide bonds. The minimum Gasteiger partial charge on any atom is -0.315 e. The van der Waals surface area contributed by atoms with Gasteiger partial charge in [-0.25, -0.2) is 8.42 Å². The Labute approximate surface area is 167 Å². The van der Waals surface area contributed by atoms with E-state index in [1.807, 2.05) is 44.7 Å². The van der Waals surface area contributed by atoms with Crippen LogP contribution in [0.2, 0.25) is 0 Å². The number of anilines is 1. The third-order valence-corrected chi connectivity index (χ3v) is 8.67. The second-order valence-corrected chi connectivity index (χ2v) is 11.4. The fourth-order valence-corrected chi connectivity index (χ4v) is 8.08. The number of nitrogens with zero attached hydrogens (tertiary/aromatic N) is 2. The van der Waals surface area contributed by atoms with Gasteiger partial charge in [0.2, 0.25) is 0 Å². The molecule has 0 N–H and O–H groups in total. The number of rotatable bonds is 3. The summed E-state index contributed by atoms with van der Waals surface area (Å²) in [6, 6.07) is 3.85. The molecule has 26 heavy (non-hydrogen) atoms. The molecule has 2 fully saturated rings. The number of aliphatic imine (C=N–C) groups is 1. The molecule has 2 aliphatic heterocycles. The predicted molar refractivity (Wildman–Crippen MR) is 112 cm³/mol. The Balaban J connectivity index is 2.09. The standard InChI is InChI=1S/C18H23BrN2O3S2/c1-5-10(2)17(22)20-18-21(14-8-26(23,24)9-15(14)25-18)16-11(3)6-13(19)7-12(16)4/h6-7,10,14-15H,5,8-9H2,1-4H3/t10-,14+,15+/m1/s1. The fourth-order valence-electron chi connectivity index (χ4n) is 3.49. The Bertz CT molecular complexity index is 859. The van der Waals surface area contributed by atoms with E-state index in [0.29, 0.717) is 5.17 Å². The van der Waals surface area contributed by atoms with Crippen molar-refractivity contribution in [3.8, 4) is 0 Å². The number of fused-ring (bicyclic) bond motifs is 1. The minimum absolute atomic E-state index is 0.0778. The first kappa shape index (κ1) is 19.9. The maximum Gasteiger partial charge on any atom is 0.250 e. The second-order valence-electron chi connectivity index (χ2n) is 7.10. The lowest BCUT2D eigenvalue weighted by atomic mass is 10.1. The molecular weight excluding hydrogens is 436 g/mol. The van der Waals surface area contributed by atoms with E-state index in [2.05, 4.69) is 20.9 Å². The van der Waals surface area contributed by atoms with Crippen molar-refractivity contribution in [2.75, 3.05) is 16.4 Å². The van der Waals surface area contributed by atoms with Crippen molar-refractivity contribution in [3.63, 3.8) is 0 Å². The smallest absolute Gasteiger partial charge is 0.250 e. The van der Waals surface area contributed by atoms with E-state index >= 15 is 0 Å². The highest BCUT2D eigenvalue weighted by molar-refractivity contribution is 9.10. The summed E-state index contributed by atoms with van der Waals surface area (Å²) in [4.78, 5) is 18.8. The largest absolute Gasteiger partial charge is 0.315 e. The Morgan fingerprint density at radius 2 is 1.96 bits per heavy atom. The normalized spacial score (nSPS) is 27.0. The summed E-state index contributed by atoms with van der Waals surface area (Å²) < 4.78 is 25.3. The molecule has 142 valence electrons. The molecule has 0 aromatic heterocycles. The maximum absolute atomic E-state index is 12.4. The van der Waals surface area contributed by atoms with E-state index in [9.17, 15) is 13.2 Å². The van der Waals surface area contributed by atoms with Crippen LogP contribution in [-0.2, 0) is 14.6 Å². The Morgan fingerprint density at radius 1 is 1.35 bits per heavy atom. The van der Waals surface area contributed by atoms with Crippen molar-refractivity contribution in [2.24, 2.45) is 10.9 Å². The van der Waals surface area contributed by atoms with Gasteiger partial charge in [-0.15, -0.1) is 0 Å². The van der Waals surface area contributed by atoms with Crippen molar-refractivity contribution < 1.29 is 13.2 Å². The number of aryl methyl sites for hydroxylation is 2. The Kier molecular flexibility index (Phi) is 5.57. The molecule has 2 saturated heterocycles. The van der Waals surface area contributed by atoms with Crippen molar-refractivity contribution >= 4 is 54.3 Å². The zero-order valence-corrected chi connectivity index (χ0v) is 18.5. The van der Waals surface area contributed by atoms with Crippen LogP contribution in [0.3, 0.4) is 0 Å². The van der Waals surface area contributed by atoms with E-state index in [0.717, 1.165) is 27.7 Å². The number of amidine groups is 1. The lowest BCUT2D eigenvalue weighted by Crippen LogP contribution is -2.38. The lowest BCUT2D eigenvalue weighted by Gasteiger charge is -2.28. The number of amides is 1. The number of halogens is 1. The van der Waals surface area contributed by atoms with Gasteiger partial charge < -0.3 is 4.90 Å². The van der Waals surface area contributed by atoms with Gasteiger partial charge in [-0.2, -0.15) is 4.99 Å². The van der Waals surface area contributed by atoms with E-state index in [1.165, 1.54) is 11.8 Å². The quantitative estimate of drug-likeness (QED) is 0.690. The van der Waals surface area contributed by atoms with E-state index < -0.39 is 9.84 Å². The predicted octanol–water partition coefficient (Wildman–Crippen LogP) is 3.71. The van der Waals surface area contributed by atoms with Gasteiger partial charge >= 0.3 is 0 Å². The lowest BCUT2D eigenvalue weighted by molar-refractivity contribution is -0.121. The first-order chi connectivity index (χ1) is 12.1. The zero-order chi connectivity index (χ0) is 19.2. The SMILES string of the molecule is CC[C@@H](C)C(=O)N=C1S[C@H]2CS(=O)(=O)C[C@@H]2N1c1c(C)cc(Br)cc1C. The Hall–Kier alpha value is -0.860. The molecule has 0 radical (unpaired) electrons. The number of hydrogen-bond acceptors (Lipinski definition) is 4. The molecule has 0 unspecified atom stereocenters. The summed E-state index contributed by atoms with van der Waals surface area (Å²) in [5.74, 6) is -0.0309. The first-order valence-corrected chi connectivity index (χ1v) is 12.2. The van der Waals surface area contributed by atoms with Gasteiger partial charge in [0.1, 0.15) is 0 Å². The summed E-state index contributed by atoms with van der Waals surface area (Å²) in [6.07, 6.45) is 0.734. The number of thioether (sulfide) groups is 1. The van der Waals surface area contributed by atoms with Gasteiger partial charge in [-0.1, -0.05) is 41.5 Å². The average Bonchev–Trinajstić information content (AvgIpc) is 2.98. The molecule has 1 aromatic rings. The fraction of sp³-hybridized carbons (Fsp3) is 0.556. The van der Waals surface area contributed by atoms with Crippen LogP contribution in [0.4, 0.5) is 5.69 Å². The van der Waals surface area contributed by atoms with Crippen molar-refractivity contribution in [1.29, 1.82) is 0 Å². The molecule has 2 heterocycles. The van der Waals surface area contributed by atoms with Crippen LogP contribution in [-0.4, -0.2) is 42.3 Å². The summed E-state index contributed by atoms with van der Waals surface area (Å²) >= 11 is 4.94. The average molecular weight is 459 g/mol. The molecule has 3 rings (SSSR count). The van der Waals surface area contributed by atoms with E-state index in [-0.39, 0.29) is 34.6 Å². The molecule has 1 aromatic carbocycles.